The van der Waals surface area contributed by atoms with Gasteiger partial charge in [0.25, 0.3) is 0 Å². The highest BCUT2D eigenvalue weighted by Gasteiger charge is 2.40. The van der Waals surface area contributed by atoms with Gasteiger partial charge in [-0.3, -0.25) is 9.78 Å². The molecule has 8 aromatic rings. The molecule has 8 rings (SSSR count). The van der Waals surface area contributed by atoms with Crippen molar-refractivity contribution < 1.29 is 93.7 Å². The Bertz CT molecular complexity index is 4410. The Hall–Kier alpha value is -8.60. The minimum atomic E-state index is -1.95. The molecule has 8 N–H and O–H groups in total. The first kappa shape index (κ1) is 66.4. The highest BCUT2D eigenvalue weighted by molar-refractivity contribution is 6.44. The van der Waals surface area contributed by atoms with Gasteiger partial charge in [-0.25, -0.2) is 38.4 Å². The van der Waals surface area contributed by atoms with Gasteiger partial charge in [0.1, 0.15) is 15.6 Å². The average molecular weight is 1370 g/mol. The summed E-state index contributed by atoms with van der Waals surface area (Å²) >= 11 is 57.0. The van der Waals surface area contributed by atoms with Crippen LogP contribution in [0.4, 0.5) is 0 Å². The first-order valence-electron chi connectivity index (χ1n) is 25.3. The lowest BCUT2D eigenvalue weighted by Crippen LogP contribution is -2.32. The van der Waals surface area contributed by atoms with E-state index >= 15 is 4.79 Å². The second kappa shape index (κ2) is 26.2. The number of carbonyl (C=O) groups is 8. The summed E-state index contributed by atoms with van der Waals surface area (Å²) in [4.78, 5) is 120. The van der Waals surface area contributed by atoms with Gasteiger partial charge in [0.05, 0.1) is 80.7 Å². The Labute approximate surface area is 541 Å². The van der Waals surface area contributed by atoms with Gasteiger partial charge in [0, 0.05) is 73.2 Å². The van der Waals surface area contributed by atoms with Crippen molar-refractivity contribution in [3.63, 3.8) is 0 Å². The fraction of sp³-hybridized carbons (Fsp3) is 0.0968. The van der Waals surface area contributed by atoms with Gasteiger partial charge in [-0.1, -0.05) is 166 Å². The summed E-state index contributed by atoms with van der Waals surface area (Å²) in [6, 6.07) is 20.6. The summed E-state index contributed by atoms with van der Waals surface area (Å²) in [5.41, 5.74) is -13.2. The Morgan fingerprint density at radius 1 is 0.360 bits per heavy atom. The number of hydrogen-bond acceptors (Lipinski definition) is 12. The van der Waals surface area contributed by atoms with Crippen LogP contribution in [0.5, 0.6) is 11.5 Å². The van der Waals surface area contributed by atoms with Crippen molar-refractivity contribution >= 4 is 141 Å². The molecule has 0 radical (unpaired) electrons. The minimum Gasteiger partial charge on any atom is -0.478 e. The fourth-order valence-electron chi connectivity index (χ4n) is 10.0. The molecule has 0 heterocycles. The quantitative estimate of drug-likeness (QED) is 0.0200. The van der Waals surface area contributed by atoms with Gasteiger partial charge in [-0.2, -0.15) is 0 Å². The Balaban J connectivity index is 1.69. The van der Waals surface area contributed by atoms with E-state index in [0.29, 0.717) is 0 Å². The van der Waals surface area contributed by atoms with Gasteiger partial charge in [-0.15, -0.1) is 0 Å². The third-order valence-electron chi connectivity index (χ3n) is 13.6. The molecular weight excluding hydrogens is 1330 g/mol. The van der Waals surface area contributed by atoms with E-state index in [4.69, 9.17) is 107 Å². The summed E-state index contributed by atoms with van der Waals surface area (Å²) in [6.07, 6.45) is -1.40. The zero-order valence-electron chi connectivity index (χ0n) is 45.3. The monoisotopic (exact) mass is 1370 g/mol. The molecule has 0 aliphatic carbocycles. The van der Waals surface area contributed by atoms with Crippen molar-refractivity contribution in [3.8, 4) is 78.3 Å². The Kier molecular flexibility index (Phi) is 19.6. The number of halogens is 8. The van der Waals surface area contributed by atoms with Crippen LogP contribution >= 0.6 is 92.8 Å². The van der Waals surface area contributed by atoms with Crippen LogP contribution in [0.2, 0.25) is 40.2 Å². The zero-order valence-corrected chi connectivity index (χ0v) is 51.3. The topological polar surface area (TPSA) is 326 Å². The van der Waals surface area contributed by atoms with Crippen LogP contribution in [0, 0.1) is 0 Å². The maximum atomic E-state index is 15.5. The van der Waals surface area contributed by atoms with Gasteiger partial charge >= 0.3 is 47.8 Å². The second-order valence-electron chi connectivity index (χ2n) is 19.8. The van der Waals surface area contributed by atoms with E-state index < -0.39 is 217 Å². The average Bonchev–Trinajstić information content (AvgIpc) is 0.740. The van der Waals surface area contributed by atoms with Gasteiger partial charge in [-0.05, 0) is 57.2 Å². The third-order valence-corrected chi connectivity index (χ3v) is 16.7. The molecule has 0 saturated heterocycles. The van der Waals surface area contributed by atoms with Crippen LogP contribution in [0.25, 0.3) is 66.8 Å². The van der Waals surface area contributed by atoms with Crippen molar-refractivity contribution in [1.29, 1.82) is 0 Å². The molecular formula is C62H38Cl8O19. The van der Waals surface area contributed by atoms with Crippen molar-refractivity contribution in [1.82, 2.24) is 0 Å². The molecule has 0 fully saturated rings. The first-order chi connectivity index (χ1) is 41.8. The van der Waals surface area contributed by atoms with E-state index in [-0.39, 0.29) is 12.0 Å². The Morgan fingerprint density at radius 2 is 0.596 bits per heavy atom. The number of carboxylic acid groups (broad SMARTS) is 7. The molecule has 0 saturated carbocycles. The van der Waals surface area contributed by atoms with E-state index in [9.17, 15) is 74.4 Å². The lowest BCUT2D eigenvalue weighted by molar-refractivity contribution is -0.0985. The molecule has 456 valence electrons. The van der Waals surface area contributed by atoms with Crippen LogP contribution in [0.15, 0.2) is 109 Å². The Morgan fingerprint density at radius 3 is 0.843 bits per heavy atom. The number of benzene rings is 8. The van der Waals surface area contributed by atoms with Crippen molar-refractivity contribution in [2.24, 2.45) is 0 Å². The van der Waals surface area contributed by atoms with E-state index in [0.717, 1.165) is 42.5 Å². The van der Waals surface area contributed by atoms with Gasteiger partial charge < -0.3 is 45.6 Å². The summed E-state index contributed by atoms with van der Waals surface area (Å²) in [5, 5.41) is 79.0. The number of rotatable bonds is 20. The van der Waals surface area contributed by atoms with E-state index in [1.807, 2.05) is 0 Å². The summed E-state index contributed by atoms with van der Waals surface area (Å²) in [7, 11) is 0. The molecule has 0 aliphatic rings. The van der Waals surface area contributed by atoms with Gasteiger partial charge in [0.2, 0.25) is 11.5 Å². The highest BCUT2D eigenvalue weighted by Crippen LogP contribution is 2.59. The van der Waals surface area contributed by atoms with Gasteiger partial charge in [0.15, 0.2) is 0 Å². The molecule has 0 amide bonds. The lowest BCUT2D eigenvalue weighted by atomic mass is 9.82. The van der Waals surface area contributed by atoms with Crippen LogP contribution in [0.1, 0.15) is 110 Å². The number of carboxylic acids is 7. The molecule has 89 heavy (non-hydrogen) atoms. The molecule has 8 aromatic carbocycles. The number of ether oxygens (including phenoxy) is 1. The number of esters is 1. The fourth-order valence-corrected chi connectivity index (χ4v) is 12.4. The smallest absolute Gasteiger partial charge is 0.340 e. The second-order valence-corrected chi connectivity index (χ2v) is 22.8. The number of carbonyl (C=O) groups excluding carboxylic acids is 1. The maximum absolute atomic E-state index is 15.5. The SMILES string of the molecule is CC(O)CC(C)(C)OC(=O)c1c(Cl)c(OOc2c(Cl)c(C(=O)O)c(-c3cccc(C(=O)O)c3Cl)c(-c3cccc(C(=O)O)c3Cl)c2-c2cccc(C(=O)O)c2Cl)c(-c2cccc(C(=O)O)c2Cl)c(-c2cccc(C(=O)O)c2Cl)c1-c1cccc(C(=O)O)c1Cl. The standard InChI is InChI=1S/C62H38Cl8O19/c1-23(71)22-62(2,3)87-61(86)43-39(27-13-7-19-33(47(27)66)57(78)79)37(25-11-5-17-31(45(25)64)55(74)75)41(29-15-9-21-35(49(29)68)59(82)83)53(51(43)70)89-88-52-40(28-14-8-20-34(48(28)67)58(80)81)36(24-10-4-16-30(44(24)63)54(72)73)38(42(50(52)69)60(84)85)26-12-6-18-32(46(26)65)56(76)77/h4-21,23,71H,22H2,1-3H3,(H,72,73)(H,74,75)(H,76,77)(H,78,79)(H,80,81)(H,82,83)(H,84,85). The van der Waals surface area contributed by atoms with Crippen LogP contribution in [0.3, 0.4) is 0 Å². The molecule has 0 aliphatic heterocycles. The number of hydrogen-bond donors (Lipinski definition) is 8. The van der Waals surface area contributed by atoms with E-state index in [1.165, 1.54) is 87.5 Å². The van der Waals surface area contributed by atoms with E-state index in [2.05, 4.69) is 0 Å². The predicted molar refractivity (Wildman–Crippen MR) is 331 cm³/mol. The van der Waals surface area contributed by atoms with Crippen molar-refractivity contribution in [2.75, 3.05) is 0 Å². The maximum Gasteiger partial charge on any atom is 0.340 e. The number of aliphatic hydroxyl groups is 1. The van der Waals surface area contributed by atoms with E-state index in [1.54, 1.807) is 0 Å². The summed E-state index contributed by atoms with van der Waals surface area (Å²) in [6.45, 7) is 4.16. The van der Waals surface area contributed by atoms with Crippen LogP contribution in [-0.2, 0) is 4.74 Å². The molecule has 1 atom stereocenters. The van der Waals surface area contributed by atoms with Crippen LogP contribution < -0.4 is 9.78 Å². The molecule has 0 spiro atoms. The molecule has 19 nitrogen and oxygen atoms in total. The first-order valence-corrected chi connectivity index (χ1v) is 28.3. The highest BCUT2D eigenvalue weighted by atomic mass is 35.5. The number of aliphatic hydroxyl groups excluding tert-OH is 1. The predicted octanol–water partition coefficient (Wildman–Crippen LogP) is 16.9. The molecule has 0 bridgehead atoms. The summed E-state index contributed by atoms with van der Waals surface area (Å²) in [5.74, 6) is -15.1. The third kappa shape index (κ3) is 12.6. The zero-order chi connectivity index (χ0) is 65.6. The minimum absolute atomic E-state index is 0.259. The van der Waals surface area contributed by atoms with Crippen LogP contribution in [-0.4, -0.2) is 100 Å². The lowest BCUT2D eigenvalue weighted by Gasteiger charge is -2.30. The molecule has 1 unspecified atom stereocenters. The van der Waals surface area contributed by atoms with Crippen molar-refractivity contribution in [3.05, 3.63) is 194 Å². The van der Waals surface area contributed by atoms with Crippen molar-refractivity contribution in [2.45, 2.75) is 38.9 Å². The largest absolute Gasteiger partial charge is 0.478 e. The number of aromatic carboxylic acids is 7. The normalized spacial score (nSPS) is 11.6. The molecule has 27 heteroatoms. The summed E-state index contributed by atoms with van der Waals surface area (Å²) < 4.78 is 6.07. The molecule has 0 aromatic heterocycles.